The maximum absolute atomic E-state index is 13.1. The van der Waals surface area contributed by atoms with Gasteiger partial charge in [-0.25, -0.2) is 4.98 Å². The molecule has 0 N–H and O–H groups in total. The molecule has 2 saturated heterocycles. The largest absolute Gasteiger partial charge is 0.378 e. The van der Waals surface area contributed by atoms with Crippen LogP contribution < -0.4 is 4.90 Å². The number of likely N-dealkylation sites (tertiary alicyclic amines) is 1. The quantitative estimate of drug-likeness (QED) is 0.766. The fraction of sp³-hybridized carbons (Fsp3) is 0.524. The van der Waals surface area contributed by atoms with E-state index in [0.29, 0.717) is 11.8 Å². The molecule has 0 radical (unpaired) electrons. The van der Waals surface area contributed by atoms with E-state index in [9.17, 15) is 4.79 Å². The van der Waals surface area contributed by atoms with Gasteiger partial charge in [-0.05, 0) is 42.9 Å². The fourth-order valence-corrected chi connectivity index (χ4v) is 4.73. The van der Waals surface area contributed by atoms with Gasteiger partial charge in [-0.15, -0.1) is 0 Å². The predicted octanol–water partition coefficient (Wildman–Crippen LogP) is 2.45. The molecule has 0 saturated carbocycles. The van der Waals surface area contributed by atoms with Gasteiger partial charge >= 0.3 is 0 Å². The number of amides is 1. The first-order chi connectivity index (χ1) is 13.2. The number of hydrogen-bond donors (Lipinski definition) is 0. The van der Waals surface area contributed by atoms with Gasteiger partial charge in [-0.1, -0.05) is 12.2 Å². The van der Waals surface area contributed by atoms with Crippen LogP contribution in [-0.2, 0) is 11.8 Å². The molecule has 1 aliphatic carbocycles. The molecule has 5 rings (SSSR count). The lowest BCUT2D eigenvalue weighted by Gasteiger charge is -2.27. The summed E-state index contributed by atoms with van der Waals surface area (Å²) in [5.74, 6) is 2.36. The van der Waals surface area contributed by atoms with Crippen molar-refractivity contribution in [2.24, 2.45) is 18.9 Å². The molecule has 1 aromatic carbocycles. The van der Waals surface area contributed by atoms with Gasteiger partial charge in [0, 0.05) is 38.8 Å². The average molecular weight is 366 g/mol. The molecule has 2 aliphatic heterocycles. The summed E-state index contributed by atoms with van der Waals surface area (Å²) in [4.78, 5) is 22.2. The van der Waals surface area contributed by atoms with E-state index < -0.39 is 0 Å². The first-order valence-corrected chi connectivity index (χ1v) is 9.94. The second kappa shape index (κ2) is 6.68. The van der Waals surface area contributed by atoms with Crippen molar-refractivity contribution in [1.82, 2.24) is 14.5 Å². The second-order valence-electron chi connectivity index (χ2n) is 7.95. The van der Waals surface area contributed by atoms with Crippen LogP contribution in [0.3, 0.4) is 0 Å². The Morgan fingerprint density at radius 1 is 1.11 bits per heavy atom. The Morgan fingerprint density at radius 3 is 2.52 bits per heavy atom. The van der Waals surface area contributed by atoms with E-state index in [4.69, 9.17) is 9.72 Å². The Balaban J connectivity index is 1.40. The number of ether oxygens (including phenoxy) is 1. The topological polar surface area (TPSA) is 50.6 Å². The first kappa shape index (κ1) is 16.8. The molecule has 0 spiro atoms. The van der Waals surface area contributed by atoms with E-state index in [0.717, 1.165) is 74.8 Å². The van der Waals surface area contributed by atoms with Crippen LogP contribution in [0.2, 0.25) is 0 Å². The van der Waals surface area contributed by atoms with Gasteiger partial charge < -0.3 is 19.1 Å². The van der Waals surface area contributed by atoms with Gasteiger partial charge in [0.2, 0.25) is 5.95 Å². The van der Waals surface area contributed by atoms with E-state index >= 15 is 0 Å². The molecule has 2 fully saturated rings. The van der Waals surface area contributed by atoms with Crippen LogP contribution >= 0.6 is 0 Å². The predicted molar refractivity (Wildman–Crippen MR) is 105 cm³/mol. The third-order valence-electron chi connectivity index (χ3n) is 6.31. The van der Waals surface area contributed by atoms with Crippen LogP contribution in [-0.4, -0.2) is 59.8 Å². The number of aryl methyl sites for hydroxylation is 1. The van der Waals surface area contributed by atoms with Gasteiger partial charge in [0.05, 0.1) is 24.2 Å². The molecule has 0 unspecified atom stereocenters. The average Bonchev–Trinajstić information content (AvgIpc) is 3.29. The Kier molecular flexibility index (Phi) is 4.16. The summed E-state index contributed by atoms with van der Waals surface area (Å²) in [6.45, 7) is 4.94. The number of anilines is 1. The summed E-state index contributed by atoms with van der Waals surface area (Å²) in [6.07, 6.45) is 6.75. The third kappa shape index (κ3) is 2.92. The van der Waals surface area contributed by atoms with Crippen LogP contribution in [0.4, 0.5) is 5.95 Å². The number of aromatic nitrogens is 2. The first-order valence-electron chi connectivity index (χ1n) is 9.94. The van der Waals surface area contributed by atoms with E-state index in [1.807, 2.05) is 30.1 Å². The van der Waals surface area contributed by atoms with Gasteiger partial charge in [0.15, 0.2) is 0 Å². The number of imidazole rings is 1. The van der Waals surface area contributed by atoms with Gasteiger partial charge in [0.1, 0.15) is 0 Å². The lowest BCUT2D eigenvalue weighted by Crippen LogP contribution is -2.37. The zero-order valence-electron chi connectivity index (χ0n) is 15.8. The summed E-state index contributed by atoms with van der Waals surface area (Å²) in [6, 6.07) is 5.95. The Hall–Kier alpha value is -2.34. The molecule has 1 amide bonds. The number of fused-ring (bicyclic) bond motifs is 2. The minimum absolute atomic E-state index is 0.143. The molecule has 3 heterocycles. The second-order valence-corrected chi connectivity index (χ2v) is 7.95. The molecule has 27 heavy (non-hydrogen) atoms. The van der Waals surface area contributed by atoms with E-state index in [-0.39, 0.29) is 5.91 Å². The summed E-state index contributed by atoms with van der Waals surface area (Å²) in [5, 5.41) is 0. The number of allylic oxidation sites excluding steroid dienone is 2. The third-order valence-corrected chi connectivity index (χ3v) is 6.31. The monoisotopic (exact) mass is 366 g/mol. The summed E-state index contributed by atoms with van der Waals surface area (Å²) in [7, 11) is 2.04. The lowest BCUT2D eigenvalue weighted by atomic mass is 9.86. The van der Waals surface area contributed by atoms with Crippen LogP contribution in [0.1, 0.15) is 23.2 Å². The minimum atomic E-state index is 0.143. The highest BCUT2D eigenvalue weighted by Crippen LogP contribution is 2.33. The molecular formula is C21H26N4O2. The summed E-state index contributed by atoms with van der Waals surface area (Å²) >= 11 is 0. The molecule has 6 heteroatoms. The van der Waals surface area contributed by atoms with Crippen molar-refractivity contribution in [2.75, 3.05) is 44.3 Å². The number of carbonyl (C=O) groups is 1. The molecule has 142 valence electrons. The van der Waals surface area contributed by atoms with Crippen molar-refractivity contribution >= 4 is 22.9 Å². The molecule has 1 aromatic heterocycles. The van der Waals surface area contributed by atoms with Crippen molar-refractivity contribution < 1.29 is 9.53 Å². The highest BCUT2D eigenvalue weighted by molar-refractivity contribution is 5.98. The smallest absolute Gasteiger partial charge is 0.253 e. The number of carbonyl (C=O) groups excluding carboxylic acids is 1. The molecule has 0 bridgehead atoms. The molecular weight excluding hydrogens is 340 g/mol. The Labute approximate surface area is 159 Å². The number of nitrogens with zero attached hydrogens (tertiary/aromatic N) is 4. The zero-order chi connectivity index (χ0) is 18.4. The van der Waals surface area contributed by atoms with Crippen molar-refractivity contribution in [3.05, 3.63) is 35.9 Å². The lowest BCUT2D eigenvalue weighted by molar-refractivity contribution is 0.0784. The number of hydrogen-bond acceptors (Lipinski definition) is 4. The standard InChI is InChI=1S/C21H26N4O2/c1-23-19-7-6-15(12-18(19)22-21(23)24-8-10-27-11-9-24)20(26)25-13-16-4-2-3-5-17(16)14-25/h2-3,6-7,12,16-17H,4-5,8-11,13-14H2,1H3/t16-,17+. The van der Waals surface area contributed by atoms with Crippen LogP contribution in [0.5, 0.6) is 0 Å². The van der Waals surface area contributed by atoms with Crippen molar-refractivity contribution in [2.45, 2.75) is 12.8 Å². The van der Waals surface area contributed by atoms with Crippen LogP contribution in [0.15, 0.2) is 30.4 Å². The van der Waals surface area contributed by atoms with Gasteiger partial charge in [-0.3, -0.25) is 4.79 Å². The Bertz CT molecular complexity index is 881. The molecule has 6 nitrogen and oxygen atoms in total. The highest BCUT2D eigenvalue weighted by atomic mass is 16.5. The SMILES string of the molecule is Cn1c(N2CCOCC2)nc2cc(C(=O)N3C[C@H]4CC=CC[C@H]4C3)ccc21. The molecule has 2 aromatic rings. The van der Waals surface area contributed by atoms with Crippen molar-refractivity contribution in [3.63, 3.8) is 0 Å². The van der Waals surface area contributed by atoms with Gasteiger partial charge in [0.25, 0.3) is 5.91 Å². The number of rotatable bonds is 2. The van der Waals surface area contributed by atoms with Crippen LogP contribution in [0.25, 0.3) is 11.0 Å². The summed E-state index contributed by atoms with van der Waals surface area (Å²) < 4.78 is 7.57. The van der Waals surface area contributed by atoms with E-state index in [1.165, 1.54) is 0 Å². The van der Waals surface area contributed by atoms with Crippen LogP contribution in [0, 0.1) is 11.8 Å². The van der Waals surface area contributed by atoms with E-state index in [2.05, 4.69) is 21.6 Å². The summed E-state index contributed by atoms with van der Waals surface area (Å²) in [5.41, 5.74) is 2.70. The Morgan fingerprint density at radius 2 is 1.81 bits per heavy atom. The molecule has 3 aliphatic rings. The maximum atomic E-state index is 13.1. The van der Waals surface area contributed by atoms with Gasteiger partial charge in [-0.2, -0.15) is 0 Å². The van der Waals surface area contributed by atoms with Crippen molar-refractivity contribution in [3.8, 4) is 0 Å². The van der Waals surface area contributed by atoms with Crippen molar-refractivity contribution in [1.29, 1.82) is 0 Å². The minimum Gasteiger partial charge on any atom is -0.378 e. The normalized spacial score (nSPS) is 25.2. The fourth-order valence-electron chi connectivity index (χ4n) is 4.73. The maximum Gasteiger partial charge on any atom is 0.253 e. The zero-order valence-corrected chi connectivity index (χ0v) is 15.8. The van der Waals surface area contributed by atoms with E-state index in [1.54, 1.807) is 0 Å². The molecule has 2 atom stereocenters. The number of benzene rings is 1. The highest BCUT2D eigenvalue weighted by Gasteiger charge is 2.35. The number of morpholine rings is 1.